The van der Waals surface area contributed by atoms with Crippen molar-refractivity contribution < 1.29 is 14.6 Å². The zero-order valence-electron chi connectivity index (χ0n) is 11.3. The van der Waals surface area contributed by atoms with E-state index in [0.29, 0.717) is 21.7 Å². The maximum atomic E-state index is 11.8. The largest absolute Gasteiger partial charge is 0.483 e. The molecule has 0 heterocycles. The summed E-state index contributed by atoms with van der Waals surface area (Å²) in [6, 6.07) is 5.10. The molecule has 0 spiro atoms. The van der Waals surface area contributed by atoms with Crippen LogP contribution in [-0.4, -0.2) is 29.8 Å². The smallest absolute Gasteiger partial charge is 0.258 e. The van der Waals surface area contributed by atoms with Crippen LogP contribution >= 0.6 is 27.5 Å². The standard InChI is InChI=1S/C14H17BrClNO3/c1-14(2)11(6-12(14)18)17-13(19)7-20-10-4-3-8(16)5-9(10)15/h3-5,11-12,18H,6-7H2,1-2H3,(H,17,19). The number of aliphatic hydroxyl groups is 1. The number of carbonyl (C=O) groups excluding carboxylic acids is 1. The van der Waals surface area contributed by atoms with Crippen LogP contribution in [0.25, 0.3) is 0 Å². The lowest BCUT2D eigenvalue weighted by atomic mass is 9.64. The number of nitrogens with one attached hydrogen (secondary N) is 1. The molecule has 6 heteroatoms. The molecule has 0 aliphatic heterocycles. The van der Waals surface area contributed by atoms with Gasteiger partial charge in [-0.15, -0.1) is 0 Å². The predicted molar refractivity (Wildman–Crippen MR) is 81.0 cm³/mol. The van der Waals surface area contributed by atoms with E-state index in [1.54, 1.807) is 18.2 Å². The lowest BCUT2D eigenvalue weighted by Crippen LogP contribution is -2.61. The van der Waals surface area contributed by atoms with Crippen molar-refractivity contribution in [3.05, 3.63) is 27.7 Å². The zero-order valence-corrected chi connectivity index (χ0v) is 13.7. The molecule has 0 bridgehead atoms. The van der Waals surface area contributed by atoms with Gasteiger partial charge in [-0.05, 0) is 40.5 Å². The average molecular weight is 363 g/mol. The third-order valence-electron chi connectivity index (χ3n) is 3.80. The summed E-state index contributed by atoms with van der Waals surface area (Å²) in [6.07, 6.45) is 0.225. The Balaban J connectivity index is 1.84. The van der Waals surface area contributed by atoms with Crippen LogP contribution in [0.2, 0.25) is 5.02 Å². The third kappa shape index (κ3) is 3.27. The Bertz CT molecular complexity index is 521. The van der Waals surface area contributed by atoms with Gasteiger partial charge in [0.1, 0.15) is 5.75 Å². The topological polar surface area (TPSA) is 58.6 Å². The molecular weight excluding hydrogens is 346 g/mol. The molecule has 2 rings (SSSR count). The summed E-state index contributed by atoms with van der Waals surface area (Å²) in [5, 5.41) is 13.1. The highest BCUT2D eigenvalue weighted by Crippen LogP contribution is 2.40. The average Bonchev–Trinajstić information content (AvgIpc) is 2.37. The molecule has 0 radical (unpaired) electrons. The second-order valence-electron chi connectivity index (χ2n) is 5.56. The first-order valence-corrected chi connectivity index (χ1v) is 7.53. The highest BCUT2D eigenvalue weighted by atomic mass is 79.9. The summed E-state index contributed by atoms with van der Waals surface area (Å²) < 4.78 is 6.14. The predicted octanol–water partition coefficient (Wildman–Crippen LogP) is 2.76. The van der Waals surface area contributed by atoms with E-state index in [9.17, 15) is 9.90 Å². The maximum Gasteiger partial charge on any atom is 0.258 e. The van der Waals surface area contributed by atoms with Gasteiger partial charge >= 0.3 is 0 Å². The summed E-state index contributed by atoms with van der Waals surface area (Å²) in [5.41, 5.74) is -0.281. The van der Waals surface area contributed by atoms with E-state index in [2.05, 4.69) is 21.2 Å². The van der Waals surface area contributed by atoms with Crippen LogP contribution in [0.5, 0.6) is 5.75 Å². The van der Waals surface area contributed by atoms with Gasteiger partial charge in [-0.25, -0.2) is 0 Å². The number of rotatable bonds is 4. The van der Waals surface area contributed by atoms with Crippen molar-refractivity contribution in [2.75, 3.05) is 6.61 Å². The van der Waals surface area contributed by atoms with Crippen molar-refractivity contribution in [1.29, 1.82) is 0 Å². The fourth-order valence-electron chi connectivity index (χ4n) is 2.12. The van der Waals surface area contributed by atoms with Crippen molar-refractivity contribution in [2.24, 2.45) is 5.41 Å². The Morgan fingerprint density at radius 3 is 2.85 bits per heavy atom. The Morgan fingerprint density at radius 2 is 2.30 bits per heavy atom. The van der Waals surface area contributed by atoms with Gasteiger partial charge in [-0.3, -0.25) is 4.79 Å². The number of benzene rings is 1. The number of hydrogen-bond donors (Lipinski definition) is 2. The Labute approximate surface area is 131 Å². The first kappa shape index (κ1) is 15.6. The van der Waals surface area contributed by atoms with Crippen LogP contribution in [0.15, 0.2) is 22.7 Å². The van der Waals surface area contributed by atoms with Gasteiger partial charge in [0, 0.05) is 16.5 Å². The first-order valence-electron chi connectivity index (χ1n) is 6.36. The first-order chi connectivity index (χ1) is 9.30. The van der Waals surface area contributed by atoms with Gasteiger partial charge in [0.15, 0.2) is 6.61 Å². The zero-order chi connectivity index (χ0) is 14.9. The Hall–Kier alpha value is -0.780. The summed E-state index contributed by atoms with van der Waals surface area (Å²) in [5.74, 6) is 0.370. The number of ether oxygens (including phenoxy) is 1. The van der Waals surface area contributed by atoms with Gasteiger partial charge in [-0.2, -0.15) is 0 Å². The van der Waals surface area contributed by atoms with E-state index in [4.69, 9.17) is 16.3 Å². The van der Waals surface area contributed by atoms with E-state index in [0.717, 1.165) is 0 Å². The molecule has 20 heavy (non-hydrogen) atoms. The fraction of sp³-hybridized carbons (Fsp3) is 0.500. The normalized spacial score (nSPS) is 23.9. The molecule has 1 aromatic carbocycles. The molecule has 1 amide bonds. The number of halogens is 2. The molecule has 0 saturated heterocycles. The van der Waals surface area contributed by atoms with Gasteiger partial charge in [-0.1, -0.05) is 25.4 Å². The summed E-state index contributed by atoms with van der Waals surface area (Å²) in [6.45, 7) is 3.80. The second kappa shape index (κ2) is 5.92. The van der Waals surface area contributed by atoms with Crippen molar-refractivity contribution >= 4 is 33.4 Å². The molecular formula is C14H17BrClNO3. The minimum atomic E-state index is -0.362. The van der Waals surface area contributed by atoms with E-state index in [1.165, 1.54) is 0 Å². The number of aliphatic hydroxyl groups excluding tert-OH is 1. The molecule has 2 atom stereocenters. The van der Waals surface area contributed by atoms with Gasteiger partial charge in [0.25, 0.3) is 5.91 Å². The number of hydrogen-bond acceptors (Lipinski definition) is 3. The van der Waals surface area contributed by atoms with E-state index < -0.39 is 0 Å². The second-order valence-corrected chi connectivity index (χ2v) is 6.85. The molecule has 2 unspecified atom stereocenters. The van der Waals surface area contributed by atoms with Crippen molar-refractivity contribution in [3.63, 3.8) is 0 Å². The molecule has 1 fully saturated rings. The molecule has 110 valence electrons. The molecule has 1 aliphatic rings. The highest BCUT2D eigenvalue weighted by Gasteiger charge is 2.47. The van der Waals surface area contributed by atoms with Crippen LogP contribution in [0.4, 0.5) is 0 Å². The van der Waals surface area contributed by atoms with Crippen molar-refractivity contribution in [1.82, 2.24) is 5.32 Å². The van der Waals surface area contributed by atoms with E-state index >= 15 is 0 Å². The number of carbonyl (C=O) groups is 1. The Morgan fingerprint density at radius 1 is 1.60 bits per heavy atom. The third-order valence-corrected chi connectivity index (χ3v) is 4.66. The van der Waals surface area contributed by atoms with Crippen molar-refractivity contribution in [2.45, 2.75) is 32.4 Å². The van der Waals surface area contributed by atoms with Gasteiger partial charge in [0.05, 0.1) is 10.6 Å². The van der Waals surface area contributed by atoms with E-state index in [-0.39, 0.29) is 30.1 Å². The fourth-order valence-corrected chi connectivity index (χ4v) is 2.92. The molecule has 1 aromatic rings. The van der Waals surface area contributed by atoms with Crippen LogP contribution < -0.4 is 10.1 Å². The molecule has 0 aromatic heterocycles. The summed E-state index contributed by atoms with van der Waals surface area (Å²) in [7, 11) is 0. The van der Waals surface area contributed by atoms with Crippen LogP contribution in [-0.2, 0) is 4.79 Å². The van der Waals surface area contributed by atoms with Gasteiger partial charge < -0.3 is 15.2 Å². The van der Waals surface area contributed by atoms with Crippen LogP contribution in [0.1, 0.15) is 20.3 Å². The minimum Gasteiger partial charge on any atom is -0.483 e. The lowest BCUT2D eigenvalue weighted by Gasteiger charge is -2.49. The monoisotopic (exact) mass is 361 g/mol. The van der Waals surface area contributed by atoms with Gasteiger partial charge in [0.2, 0.25) is 0 Å². The lowest BCUT2D eigenvalue weighted by molar-refractivity contribution is -0.131. The molecule has 4 nitrogen and oxygen atoms in total. The SMILES string of the molecule is CC1(C)C(O)CC1NC(=O)COc1ccc(Cl)cc1Br. The minimum absolute atomic E-state index is 0.0118. The van der Waals surface area contributed by atoms with Crippen LogP contribution in [0.3, 0.4) is 0 Å². The summed E-state index contributed by atoms with van der Waals surface area (Å²) in [4.78, 5) is 11.8. The Kier molecular flexibility index (Phi) is 4.62. The van der Waals surface area contributed by atoms with E-state index in [1.807, 2.05) is 13.8 Å². The molecule has 2 N–H and O–H groups in total. The highest BCUT2D eigenvalue weighted by molar-refractivity contribution is 9.10. The van der Waals surface area contributed by atoms with Crippen LogP contribution in [0, 0.1) is 5.41 Å². The maximum absolute atomic E-state index is 11.8. The molecule has 1 aliphatic carbocycles. The summed E-state index contributed by atoms with van der Waals surface area (Å²) >= 11 is 9.16. The number of amides is 1. The molecule has 1 saturated carbocycles. The quantitative estimate of drug-likeness (QED) is 0.866. The van der Waals surface area contributed by atoms with Crippen molar-refractivity contribution in [3.8, 4) is 5.75 Å².